The van der Waals surface area contributed by atoms with Crippen molar-refractivity contribution in [1.29, 1.82) is 0 Å². The summed E-state index contributed by atoms with van der Waals surface area (Å²) >= 11 is 1.49. The van der Waals surface area contributed by atoms with Crippen LogP contribution in [0.5, 0.6) is 0 Å². The summed E-state index contributed by atoms with van der Waals surface area (Å²) in [4.78, 5) is 20.2. The van der Waals surface area contributed by atoms with Gasteiger partial charge in [-0.25, -0.2) is 4.98 Å². The van der Waals surface area contributed by atoms with Crippen LogP contribution in [0.15, 0.2) is 30.3 Å². The van der Waals surface area contributed by atoms with Crippen LogP contribution in [0.1, 0.15) is 35.1 Å². The standard InChI is InChI=1S/C18H23N3OS/c1-12(19)15-9-6-10-21(11-15)18(22)16-13(2)20-17(23-16)14-7-4-3-5-8-14/h3-5,7-8,12,15H,6,9-11,19H2,1-2H3. The molecule has 5 heteroatoms. The molecule has 1 fully saturated rings. The maximum atomic E-state index is 12.9. The van der Waals surface area contributed by atoms with Crippen molar-refractivity contribution in [3.8, 4) is 10.6 Å². The highest BCUT2D eigenvalue weighted by Crippen LogP contribution is 2.30. The summed E-state index contributed by atoms with van der Waals surface area (Å²) in [6.45, 7) is 5.53. The molecule has 3 rings (SSSR count). The Kier molecular flexibility index (Phi) is 4.78. The van der Waals surface area contributed by atoms with Crippen molar-refractivity contribution in [2.24, 2.45) is 11.7 Å². The van der Waals surface area contributed by atoms with E-state index in [1.54, 1.807) is 0 Å². The summed E-state index contributed by atoms with van der Waals surface area (Å²) in [7, 11) is 0. The maximum Gasteiger partial charge on any atom is 0.265 e. The monoisotopic (exact) mass is 329 g/mol. The minimum Gasteiger partial charge on any atom is -0.338 e. The van der Waals surface area contributed by atoms with Crippen LogP contribution >= 0.6 is 11.3 Å². The van der Waals surface area contributed by atoms with Gasteiger partial charge in [0.05, 0.1) is 5.69 Å². The summed E-state index contributed by atoms with van der Waals surface area (Å²) < 4.78 is 0. The Morgan fingerprint density at radius 2 is 2.13 bits per heavy atom. The van der Waals surface area contributed by atoms with Gasteiger partial charge in [0, 0.05) is 24.7 Å². The van der Waals surface area contributed by atoms with Crippen molar-refractivity contribution in [2.75, 3.05) is 13.1 Å². The van der Waals surface area contributed by atoms with Gasteiger partial charge in [0.2, 0.25) is 0 Å². The van der Waals surface area contributed by atoms with Crippen molar-refractivity contribution < 1.29 is 4.79 Å². The van der Waals surface area contributed by atoms with Crippen LogP contribution in [-0.2, 0) is 0 Å². The van der Waals surface area contributed by atoms with Gasteiger partial charge < -0.3 is 10.6 Å². The number of thiazole rings is 1. The molecule has 2 atom stereocenters. The number of carbonyl (C=O) groups excluding carboxylic acids is 1. The molecule has 1 saturated heterocycles. The number of rotatable bonds is 3. The molecule has 122 valence electrons. The van der Waals surface area contributed by atoms with E-state index in [1.807, 2.05) is 49.1 Å². The van der Waals surface area contributed by atoms with Crippen LogP contribution in [0.3, 0.4) is 0 Å². The first-order valence-electron chi connectivity index (χ1n) is 8.14. The third-order valence-corrected chi connectivity index (χ3v) is 5.69. The van der Waals surface area contributed by atoms with E-state index in [4.69, 9.17) is 5.73 Å². The Balaban J connectivity index is 1.81. The van der Waals surface area contributed by atoms with Crippen LogP contribution in [-0.4, -0.2) is 34.9 Å². The van der Waals surface area contributed by atoms with Gasteiger partial charge >= 0.3 is 0 Å². The van der Waals surface area contributed by atoms with E-state index in [2.05, 4.69) is 4.98 Å². The smallest absolute Gasteiger partial charge is 0.265 e. The number of aryl methyl sites for hydroxylation is 1. The van der Waals surface area contributed by atoms with Crippen molar-refractivity contribution in [3.05, 3.63) is 40.9 Å². The highest BCUT2D eigenvalue weighted by Gasteiger charge is 2.28. The van der Waals surface area contributed by atoms with Gasteiger partial charge in [0.15, 0.2) is 0 Å². The number of hydrogen-bond donors (Lipinski definition) is 1. The average Bonchev–Trinajstić information content (AvgIpc) is 2.97. The lowest BCUT2D eigenvalue weighted by molar-refractivity contribution is 0.0665. The minimum absolute atomic E-state index is 0.104. The quantitative estimate of drug-likeness (QED) is 0.940. The Labute approximate surface area is 141 Å². The second-order valence-electron chi connectivity index (χ2n) is 6.31. The summed E-state index contributed by atoms with van der Waals surface area (Å²) in [6.07, 6.45) is 2.14. The van der Waals surface area contributed by atoms with E-state index in [0.29, 0.717) is 5.92 Å². The number of hydrogen-bond acceptors (Lipinski definition) is 4. The largest absolute Gasteiger partial charge is 0.338 e. The molecule has 2 N–H and O–H groups in total. The molecule has 0 radical (unpaired) electrons. The number of carbonyl (C=O) groups is 1. The van der Waals surface area contributed by atoms with E-state index < -0.39 is 0 Å². The van der Waals surface area contributed by atoms with Gasteiger partial charge in [-0.05, 0) is 32.6 Å². The molecule has 1 amide bonds. The zero-order valence-electron chi connectivity index (χ0n) is 13.7. The van der Waals surface area contributed by atoms with Crippen LogP contribution < -0.4 is 5.73 Å². The molecule has 1 aromatic heterocycles. The first kappa shape index (κ1) is 16.1. The lowest BCUT2D eigenvalue weighted by atomic mass is 9.92. The molecule has 0 saturated carbocycles. The third kappa shape index (κ3) is 3.46. The Morgan fingerprint density at radius 3 is 2.83 bits per heavy atom. The number of benzene rings is 1. The minimum atomic E-state index is 0.104. The maximum absolute atomic E-state index is 12.9. The molecule has 1 aliphatic rings. The Bertz CT molecular complexity index is 681. The van der Waals surface area contributed by atoms with E-state index >= 15 is 0 Å². The number of likely N-dealkylation sites (tertiary alicyclic amines) is 1. The molecule has 2 aromatic rings. The van der Waals surface area contributed by atoms with Crippen LogP contribution in [0.25, 0.3) is 10.6 Å². The van der Waals surface area contributed by atoms with Gasteiger partial charge in [-0.2, -0.15) is 0 Å². The third-order valence-electron chi connectivity index (χ3n) is 4.50. The van der Waals surface area contributed by atoms with Crippen LogP contribution in [0, 0.1) is 12.8 Å². The lowest BCUT2D eigenvalue weighted by Crippen LogP contribution is -2.45. The highest BCUT2D eigenvalue weighted by molar-refractivity contribution is 7.17. The SMILES string of the molecule is Cc1nc(-c2ccccc2)sc1C(=O)N1CCCC(C(C)N)C1. The van der Waals surface area contributed by atoms with Crippen LogP contribution in [0.4, 0.5) is 0 Å². The molecule has 1 aromatic carbocycles. The molecule has 4 nitrogen and oxygen atoms in total. The number of nitrogens with zero attached hydrogens (tertiary/aromatic N) is 2. The lowest BCUT2D eigenvalue weighted by Gasteiger charge is -2.34. The fraction of sp³-hybridized carbons (Fsp3) is 0.444. The van der Waals surface area contributed by atoms with Crippen molar-refractivity contribution in [1.82, 2.24) is 9.88 Å². The Morgan fingerprint density at radius 1 is 1.39 bits per heavy atom. The second kappa shape index (κ2) is 6.81. The fourth-order valence-electron chi connectivity index (χ4n) is 3.07. The Hall–Kier alpha value is -1.72. The van der Waals surface area contributed by atoms with Gasteiger partial charge in [-0.3, -0.25) is 4.79 Å². The van der Waals surface area contributed by atoms with Crippen LogP contribution in [0.2, 0.25) is 0 Å². The van der Waals surface area contributed by atoms with E-state index in [0.717, 1.165) is 47.1 Å². The van der Waals surface area contributed by atoms with Crippen molar-refractivity contribution in [3.63, 3.8) is 0 Å². The molecular weight excluding hydrogens is 306 g/mol. The van der Waals surface area contributed by atoms with E-state index in [9.17, 15) is 4.79 Å². The molecule has 0 aliphatic carbocycles. The molecule has 0 spiro atoms. The molecule has 2 unspecified atom stereocenters. The molecule has 2 heterocycles. The normalized spacial score (nSPS) is 19.6. The molecule has 0 bridgehead atoms. The van der Waals surface area contributed by atoms with E-state index in [1.165, 1.54) is 11.3 Å². The number of piperidine rings is 1. The first-order chi connectivity index (χ1) is 11.1. The predicted octanol–water partition coefficient (Wildman–Crippen LogP) is 3.32. The number of aromatic nitrogens is 1. The van der Waals surface area contributed by atoms with Gasteiger partial charge in [0.1, 0.15) is 9.88 Å². The summed E-state index contributed by atoms with van der Waals surface area (Å²) in [5.74, 6) is 0.502. The number of nitrogens with two attached hydrogens (primary N) is 1. The molecule has 23 heavy (non-hydrogen) atoms. The highest BCUT2D eigenvalue weighted by atomic mass is 32.1. The predicted molar refractivity (Wildman–Crippen MR) is 94.6 cm³/mol. The fourth-order valence-corrected chi connectivity index (χ4v) is 4.11. The summed E-state index contributed by atoms with van der Waals surface area (Å²) in [5.41, 5.74) is 7.91. The zero-order chi connectivity index (χ0) is 16.4. The van der Waals surface area contributed by atoms with Crippen molar-refractivity contribution in [2.45, 2.75) is 32.7 Å². The zero-order valence-corrected chi connectivity index (χ0v) is 14.5. The topological polar surface area (TPSA) is 59.2 Å². The van der Waals surface area contributed by atoms with E-state index in [-0.39, 0.29) is 11.9 Å². The van der Waals surface area contributed by atoms with Crippen molar-refractivity contribution >= 4 is 17.2 Å². The molecular formula is C18H23N3OS. The second-order valence-corrected chi connectivity index (χ2v) is 7.31. The van der Waals surface area contributed by atoms with Gasteiger partial charge in [0.25, 0.3) is 5.91 Å². The average molecular weight is 329 g/mol. The van der Waals surface area contributed by atoms with Gasteiger partial charge in [-0.15, -0.1) is 11.3 Å². The summed E-state index contributed by atoms with van der Waals surface area (Å²) in [6, 6.07) is 10.2. The summed E-state index contributed by atoms with van der Waals surface area (Å²) in [5, 5.41) is 0.909. The number of amides is 1. The van der Waals surface area contributed by atoms with Gasteiger partial charge in [-0.1, -0.05) is 30.3 Å². The molecule has 1 aliphatic heterocycles. The first-order valence-corrected chi connectivity index (χ1v) is 8.95.